The summed E-state index contributed by atoms with van der Waals surface area (Å²) in [6, 6.07) is 4.28. The smallest absolute Gasteiger partial charge is 0.395 e. The molecule has 2 aliphatic heterocycles. The maximum absolute atomic E-state index is 14.9. The highest BCUT2D eigenvalue weighted by atomic mass is 32.2. The molecule has 1 aromatic heterocycles. The first kappa shape index (κ1) is 25.7. The van der Waals surface area contributed by atoms with Crippen molar-refractivity contribution in [2.75, 3.05) is 17.7 Å². The van der Waals surface area contributed by atoms with Crippen LogP contribution in [0.1, 0.15) is 42.7 Å². The van der Waals surface area contributed by atoms with Gasteiger partial charge in [0.05, 0.1) is 6.20 Å². The van der Waals surface area contributed by atoms with Crippen LogP contribution in [0.5, 0.6) is 11.5 Å². The van der Waals surface area contributed by atoms with Crippen molar-refractivity contribution in [3.8, 4) is 11.5 Å². The largest absolute Gasteiger partial charge is 0.586 e. The average molecular weight is 531 g/mol. The van der Waals surface area contributed by atoms with Crippen molar-refractivity contribution < 1.29 is 40.2 Å². The Morgan fingerprint density at radius 1 is 1.19 bits per heavy atom. The van der Waals surface area contributed by atoms with E-state index in [0.29, 0.717) is 0 Å². The lowest BCUT2D eigenvalue weighted by atomic mass is 9.80. The molecule has 14 heteroatoms. The molecular formula is C22H22F4N4O5S. The monoisotopic (exact) mass is 530 g/mol. The van der Waals surface area contributed by atoms with Crippen molar-refractivity contribution in [3.63, 3.8) is 0 Å². The Morgan fingerprint density at radius 2 is 1.89 bits per heavy atom. The number of carbonyl (C=O) groups excluding carboxylic acids is 1. The predicted molar refractivity (Wildman–Crippen MR) is 121 cm³/mol. The third kappa shape index (κ3) is 4.22. The summed E-state index contributed by atoms with van der Waals surface area (Å²) in [7, 11) is -3.69. The highest BCUT2D eigenvalue weighted by molar-refractivity contribution is 7.93. The Kier molecular flexibility index (Phi) is 6.14. The van der Waals surface area contributed by atoms with Gasteiger partial charge < -0.3 is 20.5 Å². The number of carbonyl (C=O) groups is 1. The van der Waals surface area contributed by atoms with Gasteiger partial charge in [0.15, 0.2) is 21.3 Å². The molecule has 9 nitrogen and oxygen atoms in total. The lowest BCUT2D eigenvalue weighted by Crippen LogP contribution is -2.54. The maximum Gasteiger partial charge on any atom is 0.586 e. The fourth-order valence-corrected chi connectivity index (χ4v) is 5.53. The number of amidine groups is 1. The van der Waals surface area contributed by atoms with E-state index in [1.807, 2.05) is 0 Å². The zero-order valence-corrected chi connectivity index (χ0v) is 20.0. The molecule has 36 heavy (non-hydrogen) atoms. The summed E-state index contributed by atoms with van der Waals surface area (Å²) in [5.74, 6) is -2.97. The van der Waals surface area contributed by atoms with Crippen molar-refractivity contribution in [3.05, 3.63) is 47.5 Å². The minimum absolute atomic E-state index is 0.0253. The second kappa shape index (κ2) is 8.61. The van der Waals surface area contributed by atoms with Crippen LogP contribution in [0.3, 0.4) is 0 Å². The van der Waals surface area contributed by atoms with Gasteiger partial charge in [-0.05, 0) is 38.0 Å². The molecule has 0 saturated heterocycles. The number of aliphatic imine (C=N–C) groups is 1. The summed E-state index contributed by atoms with van der Waals surface area (Å²) in [6.07, 6.45) is -3.25. The van der Waals surface area contributed by atoms with Gasteiger partial charge in [0, 0.05) is 23.1 Å². The number of hydrogen-bond donors (Lipinski definition) is 2. The van der Waals surface area contributed by atoms with Gasteiger partial charge in [-0.1, -0.05) is 6.92 Å². The molecule has 4 rings (SSSR count). The van der Waals surface area contributed by atoms with E-state index < -0.39 is 50.6 Å². The van der Waals surface area contributed by atoms with E-state index in [-0.39, 0.29) is 47.1 Å². The number of hydrogen-bond acceptors (Lipinski definition) is 8. The summed E-state index contributed by atoms with van der Waals surface area (Å²) in [5.41, 5.74) is 3.68. The number of aromatic nitrogens is 1. The number of rotatable bonds is 6. The highest BCUT2D eigenvalue weighted by Crippen LogP contribution is 2.43. The van der Waals surface area contributed by atoms with E-state index in [1.165, 1.54) is 19.9 Å². The van der Waals surface area contributed by atoms with Crippen molar-refractivity contribution in [2.45, 2.75) is 43.3 Å². The van der Waals surface area contributed by atoms with Crippen LogP contribution < -0.4 is 20.5 Å². The van der Waals surface area contributed by atoms with Crippen molar-refractivity contribution >= 4 is 27.3 Å². The topological polar surface area (TPSA) is 133 Å². The minimum atomic E-state index is -3.89. The molecule has 1 aromatic carbocycles. The van der Waals surface area contributed by atoms with Crippen molar-refractivity contribution in [1.82, 2.24) is 4.98 Å². The standard InChI is InChI=1S/C22H22F4N4O5S/c1-3-36(32,33)20(2)6-7-21(11-23,30-19(20)27)13-8-12(4-5-14(13)24)29-18(31)15-9-16-17(10-28-15)35-22(25,26)34-16/h4-5,8-10H,3,6-7,11H2,1-2H3,(H2,27,30)(H,29,31). The number of nitrogens with zero attached hydrogens (tertiary/aromatic N) is 2. The maximum atomic E-state index is 14.9. The summed E-state index contributed by atoms with van der Waals surface area (Å²) in [5, 5.41) is 2.43. The molecular weight excluding hydrogens is 508 g/mol. The SMILES string of the molecule is CCS(=O)(=O)C1(C)CCC(CF)(c2cc(NC(=O)c3cc4c(cn3)OC(F)(F)O4)ccc2F)N=C1N. The van der Waals surface area contributed by atoms with Gasteiger partial charge >= 0.3 is 6.29 Å². The number of nitrogens with two attached hydrogens (primary N) is 1. The second-order valence-electron chi connectivity index (χ2n) is 8.63. The van der Waals surface area contributed by atoms with Gasteiger partial charge in [-0.25, -0.2) is 22.2 Å². The summed E-state index contributed by atoms with van der Waals surface area (Å²) >= 11 is 0. The highest BCUT2D eigenvalue weighted by Gasteiger charge is 2.50. The molecule has 2 aliphatic rings. The first-order valence-corrected chi connectivity index (χ1v) is 12.4. The van der Waals surface area contributed by atoms with Gasteiger partial charge in [-0.2, -0.15) is 0 Å². The van der Waals surface area contributed by atoms with Crippen molar-refractivity contribution in [1.29, 1.82) is 0 Å². The van der Waals surface area contributed by atoms with Crippen LogP contribution in [0.4, 0.5) is 23.2 Å². The molecule has 0 spiro atoms. The van der Waals surface area contributed by atoms with Gasteiger partial charge in [0.1, 0.15) is 34.3 Å². The zero-order valence-electron chi connectivity index (χ0n) is 19.1. The quantitative estimate of drug-likeness (QED) is 0.548. The summed E-state index contributed by atoms with van der Waals surface area (Å²) in [4.78, 5) is 20.5. The first-order valence-electron chi connectivity index (χ1n) is 10.8. The molecule has 3 N–H and O–H groups in total. The predicted octanol–water partition coefficient (Wildman–Crippen LogP) is 3.30. The molecule has 2 unspecified atom stereocenters. The molecule has 0 bridgehead atoms. The number of alkyl halides is 3. The van der Waals surface area contributed by atoms with E-state index in [4.69, 9.17) is 5.73 Å². The molecule has 0 saturated carbocycles. The number of fused-ring (bicyclic) bond motifs is 1. The van der Waals surface area contributed by atoms with Crippen LogP contribution in [0, 0.1) is 5.82 Å². The molecule has 2 aromatic rings. The van der Waals surface area contributed by atoms with Gasteiger partial charge in [0.25, 0.3) is 5.91 Å². The first-order chi connectivity index (χ1) is 16.8. The van der Waals surface area contributed by atoms with Gasteiger partial charge in [0.2, 0.25) is 0 Å². The number of amides is 1. The van der Waals surface area contributed by atoms with Crippen LogP contribution in [-0.2, 0) is 15.4 Å². The Labute approximate surface area is 203 Å². The Morgan fingerprint density at radius 3 is 2.53 bits per heavy atom. The van der Waals surface area contributed by atoms with Crippen LogP contribution in [0.15, 0.2) is 35.5 Å². The van der Waals surface area contributed by atoms with E-state index in [9.17, 15) is 30.8 Å². The third-order valence-electron chi connectivity index (χ3n) is 6.43. The lowest BCUT2D eigenvalue weighted by Gasteiger charge is -2.40. The molecule has 0 radical (unpaired) electrons. The fourth-order valence-electron chi connectivity index (χ4n) is 4.11. The minimum Gasteiger partial charge on any atom is -0.395 e. The number of sulfone groups is 1. The van der Waals surface area contributed by atoms with Crippen LogP contribution in [0.2, 0.25) is 0 Å². The number of ether oxygens (including phenoxy) is 2. The van der Waals surface area contributed by atoms with E-state index >= 15 is 0 Å². The number of halogens is 4. The van der Waals surface area contributed by atoms with Crippen molar-refractivity contribution in [2.24, 2.45) is 10.7 Å². The second-order valence-corrected chi connectivity index (χ2v) is 11.3. The van der Waals surface area contributed by atoms with E-state index in [1.54, 1.807) is 0 Å². The number of anilines is 1. The van der Waals surface area contributed by atoms with Gasteiger partial charge in [-0.15, -0.1) is 8.78 Å². The van der Waals surface area contributed by atoms with Crippen LogP contribution in [0.25, 0.3) is 0 Å². The Hall–Kier alpha value is -3.42. The van der Waals surface area contributed by atoms with E-state index in [0.717, 1.165) is 24.4 Å². The summed E-state index contributed by atoms with van der Waals surface area (Å²) < 4.78 is 87.8. The zero-order chi connectivity index (χ0) is 26.5. The van der Waals surface area contributed by atoms with E-state index in [2.05, 4.69) is 24.8 Å². The normalized spacial score (nSPS) is 24.8. The van der Waals surface area contributed by atoms with Gasteiger partial charge in [-0.3, -0.25) is 9.79 Å². The fraction of sp³-hybridized carbons (Fsp3) is 0.409. The Bertz CT molecular complexity index is 1370. The molecule has 0 fully saturated rings. The Balaban J connectivity index is 1.64. The van der Waals surface area contributed by atoms with Crippen LogP contribution in [-0.4, -0.2) is 48.6 Å². The molecule has 2 atom stereocenters. The van der Waals surface area contributed by atoms with Crippen LogP contribution >= 0.6 is 0 Å². The average Bonchev–Trinajstić information content (AvgIpc) is 3.15. The lowest BCUT2D eigenvalue weighted by molar-refractivity contribution is -0.286. The number of nitrogens with one attached hydrogen (secondary N) is 1. The molecule has 3 heterocycles. The third-order valence-corrected chi connectivity index (χ3v) is 8.97. The molecule has 1 amide bonds. The number of benzene rings is 1. The number of pyridine rings is 1. The molecule has 194 valence electrons. The summed E-state index contributed by atoms with van der Waals surface area (Å²) in [6.45, 7) is 1.67. The molecule has 0 aliphatic carbocycles.